The van der Waals surface area contributed by atoms with Crippen molar-refractivity contribution in [3.63, 3.8) is 0 Å². The van der Waals surface area contributed by atoms with Crippen LogP contribution in [0.3, 0.4) is 0 Å². The summed E-state index contributed by atoms with van der Waals surface area (Å²) in [6.45, 7) is 4.67. The molecule has 0 fully saturated rings. The van der Waals surface area contributed by atoms with Crippen LogP contribution in [0.25, 0.3) is 0 Å². The van der Waals surface area contributed by atoms with Gasteiger partial charge in [0.05, 0.1) is 6.42 Å². The average Bonchev–Trinajstić information content (AvgIpc) is 2.40. The van der Waals surface area contributed by atoms with Crippen molar-refractivity contribution >= 4 is 5.78 Å². The first-order valence-electron chi connectivity index (χ1n) is 6.17. The molecule has 3 nitrogen and oxygen atoms in total. The molecular weight excluding hydrogens is 247 g/mol. The standard InChI is InChI=1S/C15H17FO3/c1-3-18-15(19-4-2)7-5-6-14(17)12-8-10-13(16)11-9-12/h8-11,15H,3-4,6H2,1-2H3. The second-order valence-corrected chi connectivity index (χ2v) is 3.67. The van der Waals surface area contributed by atoms with Crippen molar-refractivity contribution in [3.8, 4) is 11.8 Å². The Bertz CT molecular complexity index is 451. The van der Waals surface area contributed by atoms with Gasteiger partial charge in [-0.2, -0.15) is 0 Å². The van der Waals surface area contributed by atoms with Gasteiger partial charge in [-0.3, -0.25) is 4.79 Å². The van der Waals surface area contributed by atoms with Crippen molar-refractivity contribution in [1.29, 1.82) is 0 Å². The molecule has 0 aliphatic carbocycles. The van der Waals surface area contributed by atoms with E-state index in [-0.39, 0.29) is 18.0 Å². The fraction of sp³-hybridized carbons (Fsp3) is 0.400. The maximum atomic E-state index is 12.7. The summed E-state index contributed by atoms with van der Waals surface area (Å²) in [6.07, 6.45) is -0.543. The zero-order chi connectivity index (χ0) is 14.1. The molecular formula is C15H17FO3. The average molecular weight is 264 g/mol. The molecule has 0 aromatic heterocycles. The van der Waals surface area contributed by atoms with E-state index in [1.807, 2.05) is 13.8 Å². The van der Waals surface area contributed by atoms with Crippen LogP contribution >= 0.6 is 0 Å². The molecule has 1 aromatic rings. The maximum Gasteiger partial charge on any atom is 0.222 e. The van der Waals surface area contributed by atoms with Gasteiger partial charge in [-0.05, 0) is 44.0 Å². The number of halogens is 1. The molecule has 4 heteroatoms. The lowest BCUT2D eigenvalue weighted by Crippen LogP contribution is -2.14. The molecule has 1 aromatic carbocycles. The molecule has 102 valence electrons. The van der Waals surface area contributed by atoms with Crippen molar-refractivity contribution in [1.82, 2.24) is 0 Å². The fourth-order valence-corrected chi connectivity index (χ4v) is 1.39. The molecule has 0 aliphatic heterocycles. The lowest BCUT2D eigenvalue weighted by atomic mass is 10.1. The van der Waals surface area contributed by atoms with Crippen molar-refractivity contribution in [2.24, 2.45) is 0 Å². The lowest BCUT2D eigenvalue weighted by Gasteiger charge is -2.09. The normalized spacial score (nSPS) is 10.1. The van der Waals surface area contributed by atoms with Crippen molar-refractivity contribution in [3.05, 3.63) is 35.6 Å². The number of rotatable bonds is 6. The molecule has 0 atom stereocenters. The van der Waals surface area contributed by atoms with Crippen LogP contribution in [0.15, 0.2) is 24.3 Å². The van der Waals surface area contributed by atoms with Gasteiger partial charge < -0.3 is 9.47 Å². The molecule has 0 spiro atoms. The van der Waals surface area contributed by atoms with E-state index >= 15 is 0 Å². The number of hydrogen-bond donors (Lipinski definition) is 0. The summed E-state index contributed by atoms with van der Waals surface area (Å²) in [5.74, 6) is 4.95. The van der Waals surface area contributed by atoms with Gasteiger partial charge in [0.15, 0.2) is 5.78 Å². The second kappa shape index (κ2) is 8.41. The van der Waals surface area contributed by atoms with Crippen LogP contribution in [0.4, 0.5) is 4.39 Å². The second-order valence-electron chi connectivity index (χ2n) is 3.67. The van der Waals surface area contributed by atoms with Crippen molar-refractivity contribution in [2.75, 3.05) is 13.2 Å². The summed E-state index contributed by atoms with van der Waals surface area (Å²) >= 11 is 0. The number of carbonyl (C=O) groups is 1. The summed E-state index contributed by atoms with van der Waals surface area (Å²) in [5, 5.41) is 0. The van der Waals surface area contributed by atoms with E-state index in [0.29, 0.717) is 18.8 Å². The molecule has 0 saturated carbocycles. The largest absolute Gasteiger partial charge is 0.342 e. The van der Waals surface area contributed by atoms with Gasteiger partial charge in [-0.25, -0.2) is 4.39 Å². The third kappa shape index (κ3) is 5.64. The third-order valence-corrected chi connectivity index (χ3v) is 2.27. The van der Waals surface area contributed by atoms with Crippen molar-refractivity contribution in [2.45, 2.75) is 26.6 Å². The van der Waals surface area contributed by atoms with Crippen LogP contribution in [0, 0.1) is 17.7 Å². The van der Waals surface area contributed by atoms with Gasteiger partial charge in [0.1, 0.15) is 5.82 Å². The van der Waals surface area contributed by atoms with Crippen molar-refractivity contribution < 1.29 is 18.7 Å². The first-order valence-corrected chi connectivity index (χ1v) is 6.17. The Morgan fingerprint density at radius 2 is 1.79 bits per heavy atom. The highest BCUT2D eigenvalue weighted by molar-refractivity contribution is 5.97. The Hall–Kier alpha value is -1.70. The smallest absolute Gasteiger partial charge is 0.222 e. The molecule has 0 heterocycles. The zero-order valence-corrected chi connectivity index (χ0v) is 11.1. The van der Waals surface area contributed by atoms with Gasteiger partial charge in [0, 0.05) is 18.8 Å². The van der Waals surface area contributed by atoms with E-state index < -0.39 is 6.29 Å². The number of ketones is 1. The molecule has 0 N–H and O–H groups in total. The van der Waals surface area contributed by atoms with Gasteiger partial charge in [-0.1, -0.05) is 5.92 Å². The maximum absolute atomic E-state index is 12.7. The van der Waals surface area contributed by atoms with Crippen LogP contribution in [-0.2, 0) is 9.47 Å². The van der Waals surface area contributed by atoms with Crippen LogP contribution in [0.5, 0.6) is 0 Å². The zero-order valence-electron chi connectivity index (χ0n) is 11.1. The SMILES string of the molecule is CCOC(C#CCC(=O)c1ccc(F)cc1)OCC. The van der Waals surface area contributed by atoms with E-state index in [1.54, 1.807) is 0 Å². The van der Waals surface area contributed by atoms with E-state index in [1.165, 1.54) is 24.3 Å². The topological polar surface area (TPSA) is 35.5 Å². The molecule has 0 radical (unpaired) electrons. The lowest BCUT2D eigenvalue weighted by molar-refractivity contribution is -0.0970. The highest BCUT2D eigenvalue weighted by Crippen LogP contribution is 2.05. The van der Waals surface area contributed by atoms with Gasteiger partial charge in [0.2, 0.25) is 6.29 Å². The monoisotopic (exact) mass is 264 g/mol. The first kappa shape index (κ1) is 15.4. The molecule has 0 unspecified atom stereocenters. The highest BCUT2D eigenvalue weighted by atomic mass is 19.1. The van der Waals surface area contributed by atoms with Gasteiger partial charge >= 0.3 is 0 Å². The Kier molecular flexibility index (Phi) is 6.80. The Morgan fingerprint density at radius 1 is 1.21 bits per heavy atom. The molecule has 0 aliphatic rings. The quantitative estimate of drug-likeness (QED) is 0.450. The molecule has 0 amide bonds. The molecule has 19 heavy (non-hydrogen) atoms. The summed E-state index contributed by atoms with van der Waals surface area (Å²) in [5.41, 5.74) is 0.445. The van der Waals surface area contributed by atoms with E-state index in [2.05, 4.69) is 11.8 Å². The summed E-state index contributed by atoms with van der Waals surface area (Å²) in [7, 11) is 0. The van der Waals surface area contributed by atoms with Crippen LogP contribution in [0.2, 0.25) is 0 Å². The van der Waals surface area contributed by atoms with E-state index in [9.17, 15) is 9.18 Å². The highest BCUT2D eigenvalue weighted by Gasteiger charge is 2.05. The number of hydrogen-bond acceptors (Lipinski definition) is 3. The minimum Gasteiger partial charge on any atom is -0.342 e. The van der Waals surface area contributed by atoms with Crippen LogP contribution in [-0.4, -0.2) is 25.3 Å². The predicted molar refractivity (Wildman–Crippen MR) is 70.2 cm³/mol. The van der Waals surface area contributed by atoms with E-state index in [4.69, 9.17) is 9.47 Å². The number of ether oxygens (including phenoxy) is 2. The summed E-state index contributed by atoms with van der Waals surface area (Å²) in [4.78, 5) is 11.7. The predicted octanol–water partition coefficient (Wildman–Crippen LogP) is 2.80. The Morgan fingerprint density at radius 3 is 2.32 bits per heavy atom. The minimum atomic E-state index is -0.601. The molecule has 0 bridgehead atoms. The number of Topliss-reactive ketones (excluding diaryl/α,β-unsaturated/α-hetero) is 1. The van der Waals surface area contributed by atoms with Crippen LogP contribution < -0.4 is 0 Å². The molecule has 1 rings (SSSR count). The van der Waals surface area contributed by atoms with Crippen LogP contribution in [0.1, 0.15) is 30.6 Å². The van der Waals surface area contributed by atoms with E-state index in [0.717, 1.165) is 0 Å². The third-order valence-electron chi connectivity index (χ3n) is 2.27. The minimum absolute atomic E-state index is 0.0578. The number of benzene rings is 1. The van der Waals surface area contributed by atoms with Gasteiger partial charge in [-0.15, -0.1) is 0 Å². The number of carbonyl (C=O) groups excluding carboxylic acids is 1. The Balaban J connectivity index is 2.55. The molecule has 0 saturated heterocycles. The Labute approximate surface area is 112 Å². The summed E-state index contributed by atoms with van der Waals surface area (Å²) < 4.78 is 23.2. The summed E-state index contributed by atoms with van der Waals surface area (Å²) in [6, 6.07) is 5.40. The fourth-order valence-electron chi connectivity index (χ4n) is 1.39. The van der Waals surface area contributed by atoms with Gasteiger partial charge in [0.25, 0.3) is 0 Å². The first-order chi connectivity index (χ1) is 9.17.